The van der Waals surface area contributed by atoms with Crippen molar-refractivity contribution in [3.8, 4) is 0 Å². The largest absolute Gasteiger partial charge is 0.352 e. The van der Waals surface area contributed by atoms with Crippen LogP contribution in [0.3, 0.4) is 0 Å². The van der Waals surface area contributed by atoms with Crippen LogP contribution in [0.1, 0.15) is 36.0 Å². The van der Waals surface area contributed by atoms with Gasteiger partial charge in [0.2, 0.25) is 0 Å². The predicted molar refractivity (Wildman–Crippen MR) is 73.6 cm³/mol. The minimum Gasteiger partial charge on any atom is -0.352 e. The van der Waals surface area contributed by atoms with Crippen LogP contribution in [0.25, 0.3) is 0 Å². The third kappa shape index (κ3) is 3.62. The first-order valence-electron chi connectivity index (χ1n) is 6.25. The third-order valence-corrected chi connectivity index (χ3v) is 3.39. The molecule has 0 spiro atoms. The minimum atomic E-state index is -0.138. The van der Waals surface area contributed by atoms with Crippen molar-refractivity contribution < 1.29 is 4.79 Å². The summed E-state index contributed by atoms with van der Waals surface area (Å²) in [5.41, 5.74) is 3.57. The lowest BCUT2D eigenvalue weighted by Gasteiger charge is -2.10. The molecule has 4 N–H and O–H groups in total. The van der Waals surface area contributed by atoms with Gasteiger partial charge in [0, 0.05) is 11.6 Å². The minimum absolute atomic E-state index is 0.138. The van der Waals surface area contributed by atoms with Gasteiger partial charge in [-0.3, -0.25) is 10.6 Å². The first-order valence-corrected chi connectivity index (χ1v) is 6.63. The Kier molecular flexibility index (Phi) is 4.44. The molecule has 1 aliphatic rings. The summed E-state index contributed by atoms with van der Waals surface area (Å²) in [5.74, 6) is 6.13. The fraction of sp³-hybridized carbons (Fsp3) is 0.462. The Labute approximate surface area is 112 Å². The van der Waals surface area contributed by atoms with Gasteiger partial charge in [0.05, 0.1) is 11.3 Å². The van der Waals surface area contributed by atoms with Crippen LogP contribution in [0.4, 0.5) is 5.69 Å². The summed E-state index contributed by atoms with van der Waals surface area (Å²) in [5, 5.41) is 3.42. The second kappa shape index (κ2) is 6.07. The second-order valence-corrected chi connectivity index (χ2v) is 5.11. The first kappa shape index (κ1) is 13.2. The lowest BCUT2D eigenvalue weighted by Crippen LogP contribution is -2.26. The third-order valence-electron chi connectivity index (χ3n) is 3.15. The molecular weight excluding hydrogens is 250 g/mol. The highest BCUT2D eigenvalue weighted by Gasteiger charge is 2.20. The monoisotopic (exact) mass is 267 g/mol. The van der Waals surface area contributed by atoms with E-state index in [0.29, 0.717) is 22.8 Å². The average molecular weight is 268 g/mol. The van der Waals surface area contributed by atoms with Gasteiger partial charge in [-0.1, -0.05) is 24.4 Å². The summed E-state index contributed by atoms with van der Waals surface area (Å²) in [4.78, 5) is 12.0. The topological polar surface area (TPSA) is 67.1 Å². The van der Waals surface area contributed by atoms with Gasteiger partial charge < -0.3 is 10.7 Å². The summed E-state index contributed by atoms with van der Waals surface area (Å²) in [6.07, 6.45) is 4.94. The number of hydrazine groups is 1. The zero-order chi connectivity index (χ0) is 13.0. The van der Waals surface area contributed by atoms with Crippen molar-refractivity contribution in [3.63, 3.8) is 0 Å². The van der Waals surface area contributed by atoms with Crippen LogP contribution >= 0.6 is 11.6 Å². The van der Waals surface area contributed by atoms with Gasteiger partial charge in [0.15, 0.2) is 0 Å². The van der Waals surface area contributed by atoms with E-state index < -0.39 is 0 Å². The Bertz CT molecular complexity index is 432. The number of hydrogen-bond donors (Lipinski definition) is 3. The number of anilines is 1. The van der Waals surface area contributed by atoms with E-state index in [2.05, 4.69) is 10.7 Å². The van der Waals surface area contributed by atoms with Crippen molar-refractivity contribution >= 4 is 23.2 Å². The predicted octanol–water partition coefficient (Wildman–Crippen LogP) is 2.55. The van der Waals surface area contributed by atoms with Crippen molar-refractivity contribution in [1.82, 2.24) is 5.32 Å². The van der Waals surface area contributed by atoms with Gasteiger partial charge in [-0.05, 0) is 37.0 Å². The molecule has 4 nitrogen and oxygen atoms in total. The van der Waals surface area contributed by atoms with E-state index in [1.165, 1.54) is 19.3 Å². The van der Waals surface area contributed by atoms with Crippen molar-refractivity contribution in [2.75, 3.05) is 12.0 Å². The Balaban J connectivity index is 1.88. The van der Waals surface area contributed by atoms with E-state index in [-0.39, 0.29) is 5.91 Å². The van der Waals surface area contributed by atoms with Gasteiger partial charge in [0.25, 0.3) is 5.91 Å². The second-order valence-electron chi connectivity index (χ2n) is 4.68. The van der Waals surface area contributed by atoms with Gasteiger partial charge in [-0.15, -0.1) is 0 Å². The molecule has 18 heavy (non-hydrogen) atoms. The Morgan fingerprint density at radius 3 is 2.89 bits per heavy atom. The standard InChI is InChI=1S/C13H18ClN3O/c14-10-5-6-12(17-15)11(8-10)13(18)16-7-1-2-9-3-4-9/h5-6,8-9,17H,1-4,7,15H2,(H,16,18). The number of halogens is 1. The Morgan fingerprint density at radius 1 is 1.44 bits per heavy atom. The molecular formula is C13H18ClN3O. The molecule has 0 radical (unpaired) electrons. The lowest BCUT2D eigenvalue weighted by molar-refractivity contribution is 0.0953. The van der Waals surface area contributed by atoms with Crippen molar-refractivity contribution in [2.45, 2.75) is 25.7 Å². The first-order chi connectivity index (χ1) is 8.70. The van der Waals surface area contributed by atoms with Crippen LogP contribution in [-0.2, 0) is 0 Å². The van der Waals surface area contributed by atoms with Crippen LogP contribution in [0.5, 0.6) is 0 Å². The molecule has 1 saturated carbocycles. The fourth-order valence-electron chi connectivity index (χ4n) is 1.92. The molecule has 2 rings (SSSR count). The van der Waals surface area contributed by atoms with Crippen LogP contribution in [0, 0.1) is 5.92 Å². The number of carbonyl (C=O) groups is 1. The molecule has 0 saturated heterocycles. The maximum Gasteiger partial charge on any atom is 0.253 e. The Morgan fingerprint density at radius 2 is 2.22 bits per heavy atom. The molecule has 0 atom stereocenters. The molecule has 0 aliphatic heterocycles. The molecule has 0 bridgehead atoms. The van der Waals surface area contributed by atoms with Crippen LogP contribution in [-0.4, -0.2) is 12.5 Å². The molecule has 5 heteroatoms. The quantitative estimate of drug-likeness (QED) is 0.422. The molecule has 0 heterocycles. The maximum atomic E-state index is 12.0. The summed E-state index contributed by atoms with van der Waals surface area (Å²) in [7, 11) is 0. The Hall–Kier alpha value is -1.26. The summed E-state index contributed by atoms with van der Waals surface area (Å²) >= 11 is 5.88. The number of nitrogens with two attached hydrogens (primary N) is 1. The van der Waals surface area contributed by atoms with Gasteiger partial charge >= 0.3 is 0 Å². The smallest absolute Gasteiger partial charge is 0.253 e. The average Bonchev–Trinajstić information content (AvgIpc) is 3.18. The zero-order valence-electron chi connectivity index (χ0n) is 10.2. The number of amides is 1. The number of benzene rings is 1. The molecule has 1 aliphatic carbocycles. The van der Waals surface area contributed by atoms with E-state index in [1.807, 2.05) is 0 Å². The van der Waals surface area contributed by atoms with E-state index in [4.69, 9.17) is 17.4 Å². The molecule has 0 aromatic heterocycles. The van der Waals surface area contributed by atoms with Crippen molar-refractivity contribution in [1.29, 1.82) is 0 Å². The highest BCUT2D eigenvalue weighted by Crippen LogP contribution is 2.33. The van der Waals surface area contributed by atoms with Gasteiger partial charge in [0.1, 0.15) is 0 Å². The number of rotatable bonds is 6. The molecule has 98 valence electrons. The highest BCUT2D eigenvalue weighted by atomic mass is 35.5. The normalized spacial score (nSPS) is 14.3. The number of nitrogen functional groups attached to an aromatic ring is 1. The summed E-state index contributed by atoms with van der Waals surface area (Å²) < 4.78 is 0. The van der Waals surface area contributed by atoms with Crippen molar-refractivity contribution in [3.05, 3.63) is 28.8 Å². The number of nitrogens with one attached hydrogen (secondary N) is 2. The van der Waals surface area contributed by atoms with E-state index in [1.54, 1.807) is 18.2 Å². The highest BCUT2D eigenvalue weighted by molar-refractivity contribution is 6.31. The molecule has 1 aromatic rings. The van der Waals surface area contributed by atoms with Crippen LogP contribution < -0.4 is 16.6 Å². The summed E-state index contributed by atoms with van der Waals surface area (Å²) in [6.45, 7) is 0.700. The number of carbonyl (C=O) groups excluding carboxylic acids is 1. The SMILES string of the molecule is NNc1ccc(Cl)cc1C(=O)NCCCC1CC1. The van der Waals surface area contributed by atoms with Gasteiger partial charge in [-0.25, -0.2) is 0 Å². The van der Waals surface area contributed by atoms with E-state index in [0.717, 1.165) is 12.3 Å². The lowest BCUT2D eigenvalue weighted by atomic mass is 10.1. The van der Waals surface area contributed by atoms with E-state index in [9.17, 15) is 4.79 Å². The van der Waals surface area contributed by atoms with Crippen LogP contribution in [0.2, 0.25) is 5.02 Å². The van der Waals surface area contributed by atoms with Crippen molar-refractivity contribution in [2.24, 2.45) is 11.8 Å². The molecule has 0 unspecified atom stereocenters. The number of hydrogen-bond acceptors (Lipinski definition) is 3. The maximum absolute atomic E-state index is 12.0. The molecule has 1 amide bonds. The molecule has 1 aromatic carbocycles. The van der Waals surface area contributed by atoms with Gasteiger partial charge in [-0.2, -0.15) is 0 Å². The van der Waals surface area contributed by atoms with Crippen LogP contribution in [0.15, 0.2) is 18.2 Å². The molecule has 1 fully saturated rings. The zero-order valence-corrected chi connectivity index (χ0v) is 11.0. The van der Waals surface area contributed by atoms with E-state index >= 15 is 0 Å². The fourth-order valence-corrected chi connectivity index (χ4v) is 2.10. The summed E-state index contributed by atoms with van der Waals surface area (Å²) in [6, 6.07) is 5.01.